The molecule has 0 aliphatic heterocycles. The van der Waals surface area contributed by atoms with Gasteiger partial charge in [-0.15, -0.1) is 0 Å². The van der Waals surface area contributed by atoms with Gasteiger partial charge in [0, 0.05) is 12.6 Å². The van der Waals surface area contributed by atoms with Gasteiger partial charge in [0.2, 0.25) is 0 Å². The number of carbonyl (C=O) groups is 1. The van der Waals surface area contributed by atoms with Gasteiger partial charge in [0.25, 0.3) is 5.69 Å². The van der Waals surface area contributed by atoms with E-state index in [9.17, 15) is 20.0 Å². The van der Waals surface area contributed by atoms with Gasteiger partial charge in [-0.25, -0.2) is 4.79 Å². The predicted octanol–water partition coefficient (Wildman–Crippen LogP) is 2.50. The van der Waals surface area contributed by atoms with Gasteiger partial charge in [0.05, 0.1) is 16.6 Å². The second-order valence-electron chi connectivity index (χ2n) is 4.79. The zero-order chi connectivity index (χ0) is 16.0. The molecule has 0 aliphatic rings. The van der Waals surface area contributed by atoms with E-state index in [1.165, 1.54) is 18.2 Å². The van der Waals surface area contributed by atoms with Crippen LogP contribution in [0.2, 0.25) is 0 Å². The molecule has 0 radical (unpaired) electrons. The fraction of sp³-hybridized carbons (Fsp3) is 0.500. The smallest absolute Gasteiger partial charge is 0.338 e. The fourth-order valence-electron chi connectivity index (χ4n) is 2.26. The molecule has 3 N–H and O–H groups in total. The molecule has 7 heteroatoms. The Bertz CT molecular complexity index is 482. The van der Waals surface area contributed by atoms with Crippen molar-refractivity contribution in [1.82, 2.24) is 0 Å². The Morgan fingerprint density at radius 3 is 2.48 bits per heavy atom. The number of nitrogens with zero attached hydrogens (tertiary/aromatic N) is 1. The molecule has 1 aromatic carbocycles. The van der Waals surface area contributed by atoms with Crippen LogP contribution in [-0.2, 0) is 0 Å². The van der Waals surface area contributed by atoms with Crippen LogP contribution in [-0.4, -0.2) is 33.8 Å². The van der Waals surface area contributed by atoms with E-state index in [-0.39, 0.29) is 29.4 Å². The van der Waals surface area contributed by atoms with Crippen molar-refractivity contribution in [3.8, 4) is 0 Å². The molecule has 0 saturated heterocycles. The molecular weight excluding hydrogens is 276 g/mol. The van der Waals surface area contributed by atoms with Crippen LogP contribution in [0.15, 0.2) is 18.2 Å². The number of nitro groups is 1. The molecule has 0 aliphatic carbocycles. The normalized spacial score (nSPS) is 12.2. The largest absolute Gasteiger partial charge is 0.478 e. The number of benzene rings is 1. The highest BCUT2D eigenvalue weighted by molar-refractivity contribution is 5.96. The van der Waals surface area contributed by atoms with Gasteiger partial charge in [0.15, 0.2) is 0 Å². The van der Waals surface area contributed by atoms with Crippen molar-refractivity contribution in [3.05, 3.63) is 33.9 Å². The molecule has 0 aromatic heterocycles. The first kappa shape index (κ1) is 16.9. The maximum Gasteiger partial charge on any atom is 0.338 e. The second-order valence-corrected chi connectivity index (χ2v) is 4.79. The van der Waals surface area contributed by atoms with E-state index in [4.69, 9.17) is 5.11 Å². The summed E-state index contributed by atoms with van der Waals surface area (Å²) in [6.45, 7) is 3.97. The van der Waals surface area contributed by atoms with E-state index in [0.717, 1.165) is 12.8 Å². The first-order valence-corrected chi connectivity index (χ1v) is 6.84. The Balaban J connectivity index is 3.00. The average molecular weight is 296 g/mol. The number of anilines is 1. The summed E-state index contributed by atoms with van der Waals surface area (Å²) in [5.41, 5.74) is -0.562. The van der Waals surface area contributed by atoms with E-state index in [1.807, 2.05) is 13.8 Å². The Hall–Kier alpha value is -2.15. The number of hydrogen-bond acceptors (Lipinski definition) is 5. The number of nitro benzene ring substituents is 1. The molecular formula is C14H20N2O5. The molecule has 21 heavy (non-hydrogen) atoms. The van der Waals surface area contributed by atoms with Crippen molar-refractivity contribution in [1.29, 1.82) is 0 Å². The van der Waals surface area contributed by atoms with Gasteiger partial charge in [-0.2, -0.15) is 0 Å². The number of hydrogen-bond donors (Lipinski definition) is 3. The maximum atomic E-state index is 11.2. The van der Waals surface area contributed by atoms with Gasteiger partial charge in [-0.05, 0) is 12.0 Å². The van der Waals surface area contributed by atoms with E-state index in [0.29, 0.717) is 0 Å². The van der Waals surface area contributed by atoms with Crippen LogP contribution in [0.25, 0.3) is 0 Å². The molecule has 0 bridgehead atoms. The lowest BCUT2D eigenvalue weighted by molar-refractivity contribution is -0.384. The summed E-state index contributed by atoms with van der Waals surface area (Å²) in [5.74, 6) is -1.19. The lowest BCUT2D eigenvalue weighted by atomic mass is 9.96. The second kappa shape index (κ2) is 7.58. The van der Waals surface area contributed by atoms with Gasteiger partial charge in [-0.3, -0.25) is 10.1 Å². The minimum atomic E-state index is -1.25. The van der Waals surface area contributed by atoms with Crippen LogP contribution in [0.1, 0.15) is 37.0 Å². The van der Waals surface area contributed by atoms with Crippen molar-refractivity contribution < 1.29 is 19.9 Å². The molecule has 116 valence electrons. The third-order valence-electron chi connectivity index (χ3n) is 3.55. The molecule has 1 unspecified atom stereocenters. The molecule has 0 spiro atoms. The molecule has 1 atom stereocenters. The highest BCUT2D eigenvalue weighted by Gasteiger charge is 2.23. The maximum absolute atomic E-state index is 11.2. The van der Waals surface area contributed by atoms with E-state index >= 15 is 0 Å². The van der Waals surface area contributed by atoms with Crippen LogP contribution >= 0.6 is 0 Å². The molecule has 1 aromatic rings. The zero-order valence-electron chi connectivity index (χ0n) is 12.1. The zero-order valence-corrected chi connectivity index (χ0v) is 12.1. The fourth-order valence-corrected chi connectivity index (χ4v) is 2.26. The van der Waals surface area contributed by atoms with Gasteiger partial charge >= 0.3 is 5.97 Å². The number of aliphatic hydroxyl groups is 1. The Kier molecular flexibility index (Phi) is 6.10. The highest BCUT2D eigenvalue weighted by atomic mass is 16.6. The summed E-state index contributed by atoms with van der Waals surface area (Å²) in [7, 11) is 0. The van der Waals surface area contributed by atoms with Crippen LogP contribution in [0, 0.1) is 16.0 Å². The summed E-state index contributed by atoms with van der Waals surface area (Å²) in [4.78, 5) is 21.5. The molecule has 0 amide bonds. The first-order chi connectivity index (χ1) is 9.92. The summed E-state index contributed by atoms with van der Waals surface area (Å²) >= 11 is 0. The Labute approximate surface area is 122 Å². The number of para-hydroxylation sites is 1. The number of carboxylic acid groups (broad SMARTS) is 1. The Morgan fingerprint density at radius 2 is 2.00 bits per heavy atom. The quantitative estimate of drug-likeness (QED) is 0.502. The number of rotatable bonds is 8. The van der Waals surface area contributed by atoms with Gasteiger partial charge in [0.1, 0.15) is 5.69 Å². The minimum Gasteiger partial charge on any atom is -0.478 e. The summed E-state index contributed by atoms with van der Waals surface area (Å²) < 4.78 is 0. The topological polar surface area (TPSA) is 113 Å². The van der Waals surface area contributed by atoms with Crippen LogP contribution in [0.4, 0.5) is 11.4 Å². The molecule has 1 rings (SSSR count). The lowest BCUT2D eigenvalue weighted by Crippen LogP contribution is -2.28. The van der Waals surface area contributed by atoms with Gasteiger partial charge < -0.3 is 15.5 Å². The van der Waals surface area contributed by atoms with Crippen molar-refractivity contribution in [2.24, 2.45) is 5.92 Å². The van der Waals surface area contributed by atoms with E-state index < -0.39 is 17.0 Å². The molecule has 0 fully saturated rings. The van der Waals surface area contributed by atoms with Crippen molar-refractivity contribution in [3.63, 3.8) is 0 Å². The summed E-state index contributed by atoms with van der Waals surface area (Å²) in [6.07, 6.45) is 0.866. The van der Waals surface area contributed by atoms with Crippen molar-refractivity contribution in [2.45, 2.75) is 32.8 Å². The highest BCUT2D eigenvalue weighted by Crippen LogP contribution is 2.28. The van der Waals surface area contributed by atoms with Gasteiger partial charge in [-0.1, -0.05) is 32.8 Å². The average Bonchev–Trinajstić information content (AvgIpc) is 2.45. The van der Waals surface area contributed by atoms with Crippen LogP contribution < -0.4 is 5.32 Å². The van der Waals surface area contributed by atoms with Crippen LogP contribution in [0.5, 0.6) is 0 Å². The lowest BCUT2D eigenvalue weighted by Gasteiger charge is -2.21. The minimum absolute atomic E-state index is 0.0635. The number of carboxylic acids is 1. The third kappa shape index (κ3) is 4.16. The van der Waals surface area contributed by atoms with Crippen molar-refractivity contribution >= 4 is 17.3 Å². The number of aromatic carboxylic acids is 1. The molecule has 7 nitrogen and oxygen atoms in total. The standard InChI is InChI=1S/C14H20N2O5/c1-3-9(4-2)12(17)8-15-13-10(14(18)19)6-5-7-11(13)16(20)21/h5-7,9,12,15,17H,3-4,8H2,1-2H3,(H,18,19). The summed E-state index contributed by atoms with van der Waals surface area (Å²) in [6, 6.07) is 3.85. The number of nitrogens with one attached hydrogen (secondary N) is 1. The Morgan fingerprint density at radius 1 is 1.38 bits per heavy atom. The number of aliphatic hydroxyl groups excluding tert-OH is 1. The van der Waals surface area contributed by atoms with Crippen molar-refractivity contribution in [2.75, 3.05) is 11.9 Å². The molecule has 0 saturated carbocycles. The van der Waals surface area contributed by atoms with Crippen LogP contribution in [0.3, 0.4) is 0 Å². The monoisotopic (exact) mass is 296 g/mol. The summed E-state index contributed by atoms with van der Waals surface area (Å²) in [5, 5.41) is 32.9. The molecule has 0 heterocycles. The van der Waals surface area contributed by atoms with E-state index in [2.05, 4.69) is 5.32 Å². The third-order valence-corrected chi connectivity index (χ3v) is 3.55. The van der Waals surface area contributed by atoms with E-state index in [1.54, 1.807) is 0 Å². The first-order valence-electron chi connectivity index (χ1n) is 6.84. The predicted molar refractivity (Wildman–Crippen MR) is 78.6 cm³/mol. The SMILES string of the molecule is CCC(CC)C(O)CNc1c(C(=O)O)cccc1[N+](=O)[O-].